The maximum absolute atomic E-state index is 12.1. The van der Waals surface area contributed by atoms with E-state index in [1.807, 2.05) is 24.3 Å². The van der Waals surface area contributed by atoms with Crippen LogP contribution in [-0.4, -0.2) is 27.2 Å². The quantitative estimate of drug-likeness (QED) is 0.783. The molecular weight excluding hydrogens is 374 g/mol. The molecule has 0 aliphatic rings. The summed E-state index contributed by atoms with van der Waals surface area (Å²) in [4.78, 5) is 12.1. The molecule has 2 aromatic carbocycles. The van der Waals surface area contributed by atoms with Crippen LogP contribution in [0.1, 0.15) is 11.1 Å². The predicted molar refractivity (Wildman–Crippen MR) is 95.8 cm³/mol. The summed E-state index contributed by atoms with van der Waals surface area (Å²) in [5.74, 6) is 1.75. The number of hydrogen-bond acceptors (Lipinski definition) is 4. The Morgan fingerprint density at radius 2 is 1.54 bits per heavy atom. The molecule has 0 fully saturated rings. The minimum absolute atomic E-state index is 0.0610. The molecule has 2 aromatic rings. The zero-order chi connectivity index (χ0) is 17.5. The van der Waals surface area contributed by atoms with Crippen LogP contribution in [0.25, 0.3) is 0 Å². The van der Waals surface area contributed by atoms with Gasteiger partial charge in [-0.1, -0.05) is 28.1 Å². The van der Waals surface area contributed by atoms with Gasteiger partial charge in [0.1, 0.15) is 5.75 Å². The summed E-state index contributed by atoms with van der Waals surface area (Å²) >= 11 is 3.38. The van der Waals surface area contributed by atoms with Crippen LogP contribution in [0.5, 0.6) is 17.2 Å². The minimum atomic E-state index is -0.0610. The average Bonchev–Trinajstić information content (AvgIpc) is 2.61. The predicted octanol–water partition coefficient (Wildman–Crippen LogP) is 3.33. The van der Waals surface area contributed by atoms with E-state index in [4.69, 9.17) is 14.2 Å². The van der Waals surface area contributed by atoms with E-state index < -0.39 is 0 Å². The highest BCUT2D eigenvalue weighted by molar-refractivity contribution is 9.10. The Morgan fingerprint density at radius 3 is 2.12 bits per heavy atom. The number of halogens is 1. The molecule has 6 heteroatoms. The molecule has 1 N–H and O–H groups in total. The lowest BCUT2D eigenvalue weighted by atomic mass is 10.1. The Balaban J connectivity index is 2.04. The molecule has 0 saturated carbocycles. The van der Waals surface area contributed by atoms with E-state index in [-0.39, 0.29) is 5.91 Å². The lowest BCUT2D eigenvalue weighted by Gasteiger charge is -2.14. The first-order valence-electron chi connectivity index (χ1n) is 7.37. The van der Waals surface area contributed by atoms with Crippen LogP contribution in [0, 0.1) is 0 Å². The van der Waals surface area contributed by atoms with E-state index in [1.54, 1.807) is 33.5 Å². The first kappa shape index (κ1) is 18.1. The summed E-state index contributed by atoms with van der Waals surface area (Å²) in [6.07, 6.45) is 0.322. The van der Waals surface area contributed by atoms with Crippen molar-refractivity contribution < 1.29 is 19.0 Å². The second-order valence-electron chi connectivity index (χ2n) is 5.10. The average molecular weight is 394 g/mol. The Hall–Kier alpha value is -2.21. The molecule has 0 unspecified atom stereocenters. The third-order valence-corrected chi connectivity index (χ3v) is 4.07. The van der Waals surface area contributed by atoms with E-state index in [0.717, 1.165) is 15.6 Å². The number of ether oxygens (including phenoxy) is 3. The molecule has 2 rings (SSSR count). The zero-order valence-corrected chi connectivity index (χ0v) is 15.5. The van der Waals surface area contributed by atoms with Gasteiger partial charge in [-0.15, -0.1) is 0 Å². The number of carbonyl (C=O) groups excluding carboxylic acids is 1. The molecule has 0 aliphatic heterocycles. The van der Waals surface area contributed by atoms with Crippen molar-refractivity contribution in [2.75, 3.05) is 21.3 Å². The van der Waals surface area contributed by atoms with Crippen LogP contribution in [0.4, 0.5) is 0 Å². The van der Waals surface area contributed by atoms with Crippen molar-refractivity contribution in [2.24, 2.45) is 0 Å². The van der Waals surface area contributed by atoms with Gasteiger partial charge in [0.25, 0.3) is 0 Å². The highest BCUT2D eigenvalue weighted by atomic mass is 79.9. The van der Waals surface area contributed by atoms with Gasteiger partial charge in [-0.25, -0.2) is 0 Å². The number of hydrogen-bond donors (Lipinski definition) is 1. The number of methoxy groups -OCH3 is 3. The molecular formula is C18H20BrNO4. The molecule has 0 radical (unpaired) electrons. The Kier molecular flexibility index (Phi) is 6.49. The number of amides is 1. The largest absolute Gasteiger partial charge is 0.496 e. The number of carbonyl (C=O) groups is 1. The molecule has 1 amide bonds. The maximum atomic E-state index is 12.1. The van der Waals surface area contributed by atoms with Gasteiger partial charge in [0.2, 0.25) is 5.91 Å². The van der Waals surface area contributed by atoms with Crippen molar-refractivity contribution in [2.45, 2.75) is 13.0 Å². The van der Waals surface area contributed by atoms with Crippen molar-refractivity contribution in [1.82, 2.24) is 5.32 Å². The van der Waals surface area contributed by atoms with Gasteiger partial charge in [-0.3, -0.25) is 4.79 Å². The summed E-state index contributed by atoms with van der Waals surface area (Å²) in [5, 5.41) is 2.90. The van der Waals surface area contributed by atoms with Crippen LogP contribution in [0.2, 0.25) is 0 Å². The molecule has 0 heterocycles. The van der Waals surface area contributed by atoms with Crippen molar-refractivity contribution in [3.63, 3.8) is 0 Å². The molecule has 0 aliphatic carbocycles. The fourth-order valence-corrected chi connectivity index (χ4v) is 2.54. The Morgan fingerprint density at radius 1 is 0.958 bits per heavy atom. The maximum Gasteiger partial charge on any atom is 0.224 e. The van der Waals surface area contributed by atoms with Crippen LogP contribution in [0.15, 0.2) is 40.9 Å². The highest BCUT2D eigenvalue weighted by Gasteiger charge is 2.13. The van der Waals surface area contributed by atoms with Gasteiger partial charge in [0.05, 0.1) is 27.8 Å². The van der Waals surface area contributed by atoms with Crippen molar-refractivity contribution in [1.29, 1.82) is 0 Å². The van der Waals surface area contributed by atoms with Gasteiger partial charge in [0, 0.05) is 22.6 Å². The van der Waals surface area contributed by atoms with Crippen LogP contribution >= 0.6 is 15.9 Å². The fourth-order valence-electron chi connectivity index (χ4n) is 2.27. The van der Waals surface area contributed by atoms with Crippen molar-refractivity contribution in [3.05, 3.63) is 52.0 Å². The third kappa shape index (κ3) is 4.64. The first-order chi connectivity index (χ1) is 11.6. The van der Waals surface area contributed by atoms with Gasteiger partial charge in [0.15, 0.2) is 11.5 Å². The third-order valence-electron chi connectivity index (χ3n) is 3.54. The van der Waals surface area contributed by atoms with Gasteiger partial charge < -0.3 is 19.5 Å². The molecule has 0 spiro atoms. The van der Waals surface area contributed by atoms with Crippen molar-refractivity contribution in [3.8, 4) is 17.2 Å². The van der Waals surface area contributed by atoms with E-state index in [1.165, 1.54) is 0 Å². The first-order valence-corrected chi connectivity index (χ1v) is 8.16. The topological polar surface area (TPSA) is 56.8 Å². The summed E-state index contributed by atoms with van der Waals surface area (Å²) in [5.41, 5.74) is 1.77. The van der Waals surface area contributed by atoms with Gasteiger partial charge >= 0.3 is 0 Å². The van der Waals surface area contributed by atoms with E-state index in [9.17, 15) is 4.79 Å². The highest BCUT2D eigenvalue weighted by Crippen LogP contribution is 2.34. The SMILES string of the molecule is COc1cc(OC)c(OC)cc1CNC(=O)Cc1ccc(Br)cc1. The second kappa shape index (κ2) is 8.59. The molecule has 5 nitrogen and oxygen atoms in total. The number of nitrogens with one attached hydrogen (secondary N) is 1. The molecule has 0 atom stereocenters. The zero-order valence-electron chi connectivity index (χ0n) is 13.9. The molecule has 128 valence electrons. The standard InChI is InChI=1S/C18H20BrNO4/c1-22-15-10-17(24-3)16(23-2)9-13(15)11-20-18(21)8-12-4-6-14(19)7-5-12/h4-7,9-10H,8,11H2,1-3H3,(H,20,21). The lowest BCUT2D eigenvalue weighted by Crippen LogP contribution is -2.24. The van der Waals surface area contributed by atoms with Crippen LogP contribution < -0.4 is 19.5 Å². The van der Waals surface area contributed by atoms with Crippen LogP contribution in [0.3, 0.4) is 0 Å². The molecule has 24 heavy (non-hydrogen) atoms. The lowest BCUT2D eigenvalue weighted by molar-refractivity contribution is -0.120. The second-order valence-corrected chi connectivity index (χ2v) is 6.01. The van der Waals surface area contributed by atoms with Crippen molar-refractivity contribution >= 4 is 21.8 Å². The van der Waals surface area contributed by atoms with Crippen LogP contribution in [-0.2, 0) is 17.8 Å². The summed E-state index contributed by atoms with van der Waals surface area (Å²) in [6.45, 7) is 0.346. The Labute approximate surface area is 150 Å². The van der Waals surface area contributed by atoms with E-state index >= 15 is 0 Å². The number of benzene rings is 2. The molecule has 0 aromatic heterocycles. The molecule has 0 saturated heterocycles. The number of rotatable bonds is 7. The smallest absolute Gasteiger partial charge is 0.224 e. The summed E-state index contributed by atoms with van der Waals surface area (Å²) in [6, 6.07) is 11.2. The normalized spacial score (nSPS) is 10.2. The van der Waals surface area contributed by atoms with E-state index in [0.29, 0.717) is 30.2 Å². The summed E-state index contributed by atoms with van der Waals surface area (Å²) in [7, 11) is 4.71. The minimum Gasteiger partial charge on any atom is -0.496 e. The van der Waals surface area contributed by atoms with Gasteiger partial charge in [-0.05, 0) is 23.8 Å². The Bertz CT molecular complexity index is 701. The van der Waals surface area contributed by atoms with E-state index in [2.05, 4.69) is 21.2 Å². The monoisotopic (exact) mass is 393 g/mol. The van der Waals surface area contributed by atoms with Gasteiger partial charge in [-0.2, -0.15) is 0 Å². The fraction of sp³-hybridized carbons (Fsp3) is 0.278. The molecule has 0 bridgehead atoms. The summed E-state index contributed by atoms with van der Waals surface area (Å²) < 4.78 is 16.9.